The molecule has 0 unspecified atom stereocenters. The summed E-state index contributed by atoms with van der Waals surface area (Å²) in [6.45, 7) is 3.10. The Bertz CT molecular complexity index is 802. The number of urea groups is 1. The molecule has 2 aromatic rings. The lowest BCUT2D eigenvalue weighted by molar-refractivity contribution is -0.126. The van der Waals surface area contributed by atoms with Gasteiger partial charge < -0.3 is 20.3 Å². The van der Waals surface area contributed by atoms with Gasteiger partial charge >= 0.3 is 6.03 Å². The minimum Gasteiger partial charge on any atom is -0.496 e. The van der Waals surface area contributed by atoms with E-state index in [-0.39, 0.29) is 23.9 Å². The molecule has 0 aliphatic carbocycles. The van der Waals surface area contributed by atoms with Crippen LogP contribution in [-0.2, 0) is 4.79 Å². The molecule has 1 atom stereocenters. The number of carbonyl (C=O) groups is 2. The van der Waals surface area contributed by atoms with Crippen molar-refractivity contribution in [2.75, 3.05) is 25.5 Å². The van der Waals surface area contributed by atoms with E-state index >= 15 is 0 Å². The number of benzene rings is 2. The summed E-state index contributed by atoms with van der Waals surface area (Å²) in [7, 11) is 1.63. The number of nitrogens with one attached hydrogen (secondary N) is 2. The number of amides is 3. The molecule has 148 valence electrons. The van der Waals surface area contributed by atoms with Crippen molar-refractivity contribution in [3.05, 3.63) is 60.2 Å². The highest BCUT2D eigenvalue weighted by Crippen LogP contribution is 2.26. The molecule has 0 saturated carbocycles. The molecule has 3 amide bonds. The summed E-state index contributed by atoms with van der Waals surface area (Å²) in [5.41, 5.74) is 1.73. The molecule has 1 fully saturated rings. The average molecular weight is 381 g/mol. The number of piperidine rings is 1. The molecule has 1 aliphatic heterocycles. The third-order valence-corrected chi connectivity index (χ3v) is 5.14. The molecule has 0 radical (unpaired) electrons. The van der Waals surface area contributed by atoms with Crippen molar-refractivity contribution in [1.82, 2.24) is 10.2 Å². The van der Waals surface area contributed by atoms with Crippen molar-refractivity contribution in [1.29, 1.82) is 0 Å². The lowest BCUT2D eigenvalue weighted by Gasteiger charge is -2.32. The zero-order chi connectivity index (χ0) is 19.9. The van der Waals surface area contributed by atoms with Crippen molar-refractivity contribution < 1.29 is 14.3 Å². The molecule has 0 aromatic heterocycles. The standard InChI is InChI=1S/C22H27N3O3/c1-16(19-10-6-7-11-20(19)28-2)23-21(26)17-12-14-25(15-13-17)22(27)24-18-8-4-3-5-9-18/h3-11,16-17H,12-15H2,1-2H3,(H,23,26)(H,24,27)/t16-/m1/s1. The van der Waals surface area contributed by atoms with Gasteiger partial charge in [0.15, 0.2) is 0 Å². The second kappa shape index (κ2) is 9.26. The number of para-hydroxylation sites is 2. The largest absolute Gasteiger partial charge is 0.496 e. The maximum atomic E-state index is 12.7. The second-order valence-electron chi connectivity index (χ2n) is 7.03. The molecule has 1 aliphatic rings. The van der Waals surface area contributed by atoms with Crippen LogP contribution in [0.25, 0.3) is 0 Å². The van der Waals surface area contributed by atoms with Gasteiger partial charge in [-0.25, -0.2) is 4.79 Å². The first kappa shape index (κ1) is 19.7. The maximum absolute atomic E-state index is 12.7. The lowest BCUT2D eigenvalue weighted by Crippen LogP contribution is -2.44. The Hall–Kier alpha value is -3.02. The first-order chi connectivity index (χ1) is 13.6. The van der Waals surface area contributed by atoms with Gasteiger partial charge in [-0.1, -0.05) is 36.4 Å². The molecule has 2 N–H and O–H groups in total. The van der Waals surface area contributed by atoms with Crippen LogP contribution in [0.4, 0.5) is 10.5 Å². The van der Waals surface area contributed by atoms with E-state index < -0.39 is 0 Å². The van der Waals surface area contributed by atoms with Crippen LogP contribution in [0.5, 0.6) is 5.75 Å². The van der Waals surface area contributed by atoms with Gasteiger partial charge in [-0.05, 0) is 38.0 Å². The van der Waals surface area contributed by atoms with Gasteiger partial charge in [0.05, 0.1) is 13.2 Å². The van der Waals surface area contributed by atoms with Crippen molar-refractivity contribution in [2.45, 2.75) is 25.8 Å². The number of methoxy groups -OCH3 is 1. The van der Waals surface area contributed by atoms with Gasteiger partial charge in [0.2, 0.25) is 5.91 Å². The maximum Gasteiger partial charge on any atom is 0.321 e. The highest BCUT2D eigenvalue weighted by atomic mass is 16.5. The summed E-state index contributed by atoms with van der Waals surface area (Å²) < 4.78 is 5.38. The fourth-order valence-corrected chi connectivity index (χ4v) is 3.50. The van der Waals surface area contributed by atoms with E-state index in [1.807, 2.05) is 61.5 Å². The number of ether oxygens (including phenoxy) is 1. The zero-order valence-electron chi connectivity index (χ0n) is 16.4. The number of anilines is 1. The van der Waals surface area contributed by atoms with Crippen LogP contribution in [0, 0.1) is 5.92 Å². The Morgan fingerprint density at radius 2 is 1.68 bits per heavy atom. The summed E-state index contributed by atoms with van der Waals surface area (Å²) in [6, 6.07) is 16.8. The van der Waals surface area contributed by atoms with Crippen LogP contribution in [0.2, 0.25) is 0 Å². The first-order valence-electron chi connectivity index (χ1n) is 9.62. The number of likely N-dealkylation sites (tertiary alicyclic amines) is 1. The molecular weight excluding hydrogens is 354 g/mol. The van der Waals surface area contributed by atoms with Gasteiger partial charge in [0.25, 0.3) is 0 Å². The van der Waals surface area contributed by atoms with Gasteiger partial charge in [0, 0.05) is 30.3 Å². The van der Waals surface area contributed by atoms with Crippen molar-refractivity contribution in [3.8, 4) is 5.75 Å². The molecule has 6 nitrogen and oxygen atoms in total. The zero-order valence-corrected chi connectivity index (χ0v) is 16.4. The molecule has 2 aromatic carbocycles. The lowest BCUT2D eigenvalue weighted by atomic mass is 9.95. The fraction of sp³-hybridized carbons (Fsp3) is 0.364. The summed E-state index contributed by atoms with van der Waals surface area (Å²) in [5.74, 6) is 0.710. The third kappa shape index (κ3) is 4.82. The molecule has 1 heterocycles. The quantitative estimate of drug-likeness (QED) is 0.827. The number of hydrogen-bond donors (Lipinski definition) is 2. The van der Waals surface area contributed by atoms with E-state index in [2.05, 4.69) is 10.6 Å². The van der Waals surface area contributed by atoms with E-state index in [0.717, 1.165) is 17.0 Å². The molecule has 6 heteroatoms. The minimum absolute atomic E-state index is 0.0292. The van der Waals surface area contributed by atoms with Crippen molar-refractivity contribution >= 4 is 17.6 Å². The fourth-order valence-electron chi connectivity index (χ4n) is 3.50. The predicted molar refractivity (Wildman–Crippen MR) is 109 cm³/mol. The Morgan fingerprint density at radius 1 is 1.04 bits per heavy atom. The van der Waals surface area contributed by atoms with E-state index in [1.165, 1.54) is 0 Å². The normalized spacial score (nSPS) is 15.6. The summed E-state index contributed by atoms with van der Waals surface area (Å²) >= 11 is 0. The van der Waals surface area contributed by atoms with E-state index in [4.69, 9.17) is 4.74 Å². The van der Waals surface area contributed by atoms with Crippen LogP contribution < -0.4 is 15.4 Å². The summed E-state index contributed by atoms with van der Waals surface area (Å²) in [5, 5.41) is 5.98. The number of carbonyl (C=O) groups excluding carboxylic acids is 2. The van der Waals surface area contributed by atoms with Gasteiger partial charge in [0.1, 0.15) is 5.75 Å². The SMILES string of the molecule is COc1ccccc1[C@@H](C)NC(=O)C1CCN(C(=O)Nc2ccccc2)CC1. The molecule has 0 bridgehead atoms. The van der Waals surface area contributed by atoms with Gasteiger partial charge in [-0.15, -0.1) is 0 Å². The van der Waals surface area contributed by atoms with Gasteiger partial charge in [-0.3, -0.25) is 4.79 Å². The summed E-state index contributed by atoms with van der Waals surface area (Å²) in [6.07, 6.45) is 1.32. The Kier molecular flexibility index (Phi) is 6.53. The van der Waals surface area contributed by atoms with E-state index in [0.29, 0.717) is 25.9 Å². The van der Waals surface area contributed by atoms with E-state index in [1.54, 1.807) is 12.0 Å². The average Bonchev–Trinajstić information content (AvgIpc) is 2.74. The Balaban J connectivity index is 1.50. The topological polar surface area (TPSA) is 70.7 Å². The van der Waals surface area contributed by atoms with Crippen LogP contribution in [0.1, 0.15) is 31.4 Å². The monoisotopic (exact) mass is 381 g/mol. The first-order valence-corrected chi connectivity index (χ1v) is 9.62. The number of nitrogens with zero attached hydrogens (tertiary/aromatic N) is 1. The number of hydrogen-bond acceptors (Lipinski definition) is 3. The van der Waals surface area contributed by atoms with Crippen LogP contribution >= 0.6 is 0 Å². The van der Waals surface area contributed by atoms with Crippen LogP contribution in [0.15, 0.2) is 54.6 Å². The Morgan fingerprint density at radius 3 is 2.36 bits per heavy atom. The third-order valence-electron chi connectivity index (χ3n) is 5.14. The highest BCUT2D eigenvalue weighted by molar-refractivity contribution is 5.89. The van der Waals surface area contributed by atoms with Crippen LogP contribution in [-0.4, -0.2) is 37.0 Å². The summed E-state index contributed by atoms with van der Waals surface area (Å²) in [4.78, 5) is 26.8. The van der Waals surface area contributed by atoms with Gasteiger partial charge in [-0.2, -0.15) is 0 Å². The van der Waals surface area contributed by atoms with Crippen molar-refractivity contribution in [2.24, 2.45) is 5.92 Å². The molecular formula is C22H27N3O3. The molecule has 1 saturated heterocycles. The number of rotatable bonds is 5. The minimum atomic E-state index is -0.136. The second-order valence-corrected chi connectivity index (χ2v) is 7.03. The molecule has 28 heavy (non-hydrogen) atoms. The van der Waals surface area contributed by atoms with Crippen LogP contribution in [0.3, 0.4) is 0 Å². The predicted octanol–water partition coefficient (Wildman–Crippen LogP) is 3.82. The van der Waals surface area contributed by atoms with Crippen molar-refractivity contribution in [3.63, 3.8) is 0 Å². The molecule has 0 spiro atoms. The smallest absolute Gasteiger partial charge is 0.321 e. The Labute approximate surface area is 165 Å². The highest BCUT2D eigenvalue weighted by Gasteiger charge is 2.28. The van der Waals surface area contributed by atoms with E-state index in [9.17, 15) is 9.59 Å². The molecule has 3 rings (SSSR count).